The number of benzene rings is 2. The molecule has 3 aromatic rings. The van der Waals surface area contributed by atoms with Crippen LogP contribution in [0.15, 0.2) is 96.2 Å². The highest BCUT2D eigenvalue weighted by molar-refractivity contribution is 8.00. The number of aromatic hydroxyl groups is 1. The highest BCUT2D eigenvalue weighted by Crippen LogP contribution is 2.41. The fourth-order valence-corrected chi connectivity index (χ4v) is 6.27. The SMILES string of the molecule is O=C(CNc1ccccc1)N[C@@H]1C(=O)N2C(C(=O)O)=C(C=C3CCN(Cc4cccc(O)c4)C3=O)CS[C@H]12.c1c[nH]cn1. The van der Waals surface area contributed by atoms with Gasteiger partial charge >= 0.3 is 5.97 Å². The Morgan fingerprint density at radius 1 is 1.14 bits per heavy atom. The number of imidazole rings is 1. The Morgan fingerprint density at radius 3 is 2.63 bits per heavy atom. The molecule has 0 unspecified atom stereocenters. The van der Waals surface area contributed by atoms with Crippen LogP contribution in [0.5, 0.6) is 5.75 Å². The molecular weight excluding hydrogens is 572 g/mol. The van der Waals surface area contributed by atoms with Crippen LogP contribution in [0.3, 0.4) is 0 Å². The van der Waals surface area contributed by atoms with Gasteiger partial charge in [-0.05, 0) is 47.9 Å². The number of hydrogen-bond acceptors (Lipinski definition) is 8. The Hall–Kier alpha value is -5.04. The molecule has 0 bridgehead atoms. The van der Waals surface area contributed by atoms with Gasteiger partial charge in [0.15, 0.2) is 0 Å². The number of nitrogens with zero attached hydrogens (tertiary/aromatic N) is 3. The van der Waals surface area contributed by atoms with Crippen molar-refractivity contribution >= 4 is 41.1 Å². The molecule has 0 saturated carbocycles. The largest absolute Gasteiger partial charge is 0.508 e. The topological polar surface area (TPSA) is 168 Å². The lowest BCUT2D eigenvalue weighted by molar-refractivity contribution is -0.150. The molecule has 0 spiro atoms. The number of hydrogen-bond donors (Lipinski definition) is 5. The average molecular weight is 603 g/mol. The number of H-pyrrole nitrogens is 1. The normalized spacial score (nSPS) is 20.2. The van der Waals surface area contributed by atoms with Crippen LogP contribution in [0, 0.1) is 0 Å². The number of anilines is 1. The van der Waals surface area contributed by atoms with Crippen LogP contribution in [-0.4, -0.2) is 83.9 Å². The number of thioether (sulfide) groups is 1. The van der Waals surface area contributed by atoms with Crippen molar-refractivity contribution in [2.45, 2.75) is 24.4 Å². The highest BCUT2D eigenvalue weighted by atomic mass is 32.2. The van der Waals surface area contributed by atoms with Gasteiger partial charge in [-0.2, -0.15) is 0 Å². The Bertz CT molecular complexity index is 1540. The number of phenolic OH excluding ortho intramolecular Hbond substituents is 1. The van der Waals surface area contributed by atoms with Crippen molar-refractivity contribution in [1.82, 2.24) is 25.1 Å². The van der Waals surface area contributed by atoms with Gasteiger partial charge in [-0.15, -0.1) is 11.8 Å². The minimum Gasteiger partial charge on any atom is -0.508 e. The summed E-state index contributed by atoms with van der Waals surface area (Å²) in [4.78, 5) is 59.8. The number of aromatic amines is 1. The van der Waals surface area contributed by atoms with E-state index < -0.39 is 23.3 Å². The fraction of sp³-hybridized carbons (Fsp3) is 0.233. The third-order valence-corrected chi connectivity index (χ3v) is 8.30. The van der Waals surface area contributed by atoms with E-state index >= 15 is 0 Å². The molecule has 1 aromatic heterocycles. The molecular formula is C30H30N6O6S. The van der Waals surface area contributed by atoms with E-state index in [1.807, 2.05) is 36.4 Å². The van der Waals surface area contributed by atoms with Crippen molar-refractivity contribution in [3.63, 3.8) is 0 Å². The average Bonchev–Trinajstić information content (AvgIpc) is 3.70. The molecule has 0 radical (unpaired) electrons. The number of fused-ring (bicyclic) bond motifs is 1. The molecule has 2 fully saturated rings. The second-order valence-corrected chi connectivity index (χ2v) is 11.0. The number of rotatable bonds is 8. The number of β-lactam (4-membered cyclic amide) rings is 1. The molecule has 2 saturated heterocycles. The molecule has 6 rings (SSSR count). The predicted molar refractivity (Wildman–Crippen MR) is 159 cm³/mol. The van der Waals surface area contributed by atoms with E-state index in [2.05, 4.69) is 20.6 Å². The lowest BCUT2D eigenvalue weighted by Crippen LogP contribution is -2.70. The number of para-hydroxylation sites is 1. The minimum atomic E-state index is -1.26. The maximum absolute atomic E-state index is 13.0. The van der Waals surface area contributed by atoms with Gasteiger partial charge in [0, 0.05) is 42.5 Å². The van der Waals surface area contributed by atoms with Gasteiger partial charge in [-0.25, -0.2) is 9.78 Å². The molecule has 12 nitrogen and oxygen atoms in total. The Kier molecular flexibility index (Phi) is 9.11. The third kappa shape index (κ3) is 6.89. The number of carbonyl (C=O) groups is 4. The standard InChI is InChI=1S/C27H26N4O6S.C3H4N2/c32-20-8-4-5-16(11-20)14-30-10-9-17(24(30)34)12-18-15-38-26-22(25(35)31(26)23(18)27(36)37)29-21(33)13-28-19-6-2-1-3-7-19;1-2-5-3-4-1/h1-8,11-12,22,26,28,32H,9-10,13-15H2,(H,29,33)(H,36,37);1-3H,(H,4,5)/t22-,26-;/m1./s1. The van der Waals surface area contributed by atoms with Crippen LogP contribution >= 0.6 is 11.8 Å². The van der Waals surface area contributed by atoms with E-state index in [4.69, 9.17) is 0 Å². The molecule has 222 valence electrons. The molecule has 0 aliphatic carbocycles. The zero-order valence-electron chi connectivity index (χ0n) is 23.0. The maximum atomic E-state index is 13.0. The summed E-state index contributed by atoms with van der Waals surface area (Å²) in [5.74, 6) is -1.92. The van der Waals surface area contributed by atoms with Gasteiger partial charge in [-0.1, -0.05) is 30.3 Å². The Balaban J connectivity index is 0.000000668. The van der Waals surface area contributed by atoms with Crippen LogP contribution in [-0.2, 0) is 25.7 Å². The first-order chi connectivity index (χ1) is 20.8. The Morgan fingerprint density at radius 2 is 1.95 bits per heavy atom. The fourth-order valence-electron chi connectivity index (χ4n) is 4.97. The first kappa shape index (κ1) is 29.5. The molecule has 4 heterocycles. The first-order valence-corrected chi connectivity index (χ1v) is 14.6. The van der Waals surface area contributed by atoms with E-state index in [1.54, 1.807) is 47.9 Å². The molecule has 3 aliphatic rings. The number of allylic oxidation sites excluding steroid dienone is 1. The lowest BCUT2D eigenvalue weighted by atomic mass is 10.0. The van der Waals surface area contributed by atoms with Crippen molar-refractivity contribution in [3.8, 4) is 5.75 Å². The van der Waals surface area contributed by atoms with Crippen molar-refractivity contribution in [2.24, 2.45) is 0 Å². The number of nitrogens with one attached hydrogen (secondary N) is 3. The predicted octanol–water partition coefficient (Wildman–Crippen LogP) is 2.31. The second kappa shape index (κ2) is 13.3. The number of carboxylic acids is 1. The summed E-state index contributed by atoms with van der Waals surface area (Å²) in [5, 5.41) is 24.8. The number of likely N-dealkylation sites (tertiary alicyclic amines) is 1. The monoisotopic (exact) mass is 602 g/mol. The molecule has 2 atom stereocenters. The van der Waals surface area contributed by atoms with E-state index in [0.717, 1.165) is 11.3 Å². The van der Waals surface area contributed by atoms with Gasteiger partial charge in [0.2, 0.25) is 11.8 Å². The van der Waals surface area contributed by atoms with E-state index in [9.17, 15) is 29.4 Å². The van der Waals surface area contributed by atoms with Crippen LogP contribution < -0.4 is 10.6 Å². The third-order valence-electron chi connectivity index (χ3n) is 7.00. The molecule has 43 heavy (non-hydrogen) atoms. The molecule has 13 heteroatoms. The second-order valence-electron chi connectivity index (χ2n) is 9.93. The van der Waals surface area contributed by atoms with Crippen molar-refractivity contribution < 1.29 is 29.4 Å². The van der Waals surface area contributed by atoms with Gasteiger partial charge in [0.25, 0.3) is 5.91 Å². The number of carbonyl (C=O) groups excluding carboxylic acids is 3. The molecule has 3 amide bonds. The maximum Gasteiger partial charge on any atom is 0.352 e. The molecule has 5 N–H and O–H groups in total. The summed E-state index contributed by atoms with van der Waals surface area (Å²) in [6.07, 6.45) is 7.11. The van der Waals surface area contributed by atoms with E-state index in [0.29, 0.717) is 30.7 Å². The highest BCUT2D eigenvalue weighted by Gasteiger charge is 2.54. The van der Waals surface area contributed by atoms with Crippen molar-refractivity contribution in [2.75, 3.05) is 24.2 Å². The van der Waals surface area contributed by atoms with Crippen LogP contribution in [0.25, 0.3) is 0 Å². The van der Waals surface area contributed by atoms with Crippen LogP contribution in [0.2, 0.25) is 0 Å². The first-order valence-electron chi connectivity index (χ1n) is 13.5. The quantitative estimate of drug-likeness (QED) is 0.192. The van der Waals surface area contributed by atoms with Crippen LogP contribution in [0.1, 0.15) is 12.0 Å². The molecule has 2 aromatic carbocycles. The summed E-state index contributed by atoms with van der Waals surface area (Å²) in [5.41, 5.74) is 2.28. The smallest absolute Gasteiger partial charge is 0.352 e. The number of aromatic nitrogens is 2. The Labute approximate surface area is 251 Å². The van der Waals surface area contributed by atoms with Gasteiger partial charge in [0.1, 0.15) is 22.9 Å². The number of phenols is 1. The summed E-state index contributed by atoms with van der Waals surface area (Å²) >= 11 is 1.35. The summed E-state index contributed by atoms with van der Waals surface area (Å²) in [6.45, 7) is 0.780. The zero-order chi connectivity index (χ0) is 30.3. The number of amides is 3. The minimum absolute atomic E-state index is 0.0225. The van der Waals surface area contributed by atoms with Gasteiger partial charge in [0.05, 0.1) is 12.9 Å². The number of carboxylic acid groups (broad SMARTS) is 1. The summed E-state index contributed by atoms with van der Waals surface area (Å²) in [6, 6.07) is 15.0. The van der Waals surface area contributed by atoms with Crippen LogP contribution in [0.4, 0.5) is 5.69 Å². The summed E-state index contributed by atoms with van der Waals surface area (Å²) in [7, 11) is 0. The van der Waals surface area contributed by atoms with Gasteiger partial charge in [-0.3, -0.25) is 19.3 Å². The number of aliphatic carboxylic acids is 1. The summed E-state index contributed by atoms with van der Waals surface area (Å²) < 4.78 is 0. The molecule has 3 aliphatic heterocycles. The van der Waals surface area contributed by atoms with Crippen molar-refractivity contribution in [3.05, 3.63) is 102 Å². The lowest BCUT2D eigenvalue weighted by Gasteiger charge is -2.49. The van der Waals surface area contributed by atoms with E-state index in [-0.39, 0.29) is 35.6 Å². The zero-order valence-corrected chi connectivity index (χ0v) is 23.8. The van der Waals surface area contributed by atoms with Crippen molar-refractivity contribution in [1.29, 1.82) is 0 Å². The van der Waals surface area contributed by atoms with Gasteiger partial charge < -0.3 is 30.7 Å². The van der Waals surface area contributed by atoms with E-state index in [1.165, 1.54) is 16.7 Å².